The van der Waals surface area contributed by atoms with Crippen LogP contribution in [0.2, 0.25) is 0 Å². The first kappa shape index (κ1) is 14.0. The van der Waals surface area contributed by atoms with Crippen molar-refractivity contribution in [3.05, 3.63) is 33.4 Å². The molecule has 0 aliphatic rings. The second-order valence-corrected chi connectivity index (χ2v) is 4.86. The number of benzene rings is 1. The van der Waals surface area contributed by atoms with E-state index in [0.717, 1.165) is 9.13 Å². The number of rotatable bonds is 4. The Morgan fingerprint density at radius 1 is 1.47 bits per heavy atom. The summed E-state index contributed by atoms with van der Waals surface area (Å²) in [6.45, 7) is 1.38. The third kappa shape index (κ3) is 4.72. The first-order valence-corrected chi connectivity index (χ1v) is 6.20. The Bertz CT molecular complexity index is 420. The molecule has 4 nitrogen and oxygen atoms in total. The lowest BCUT2D eigenvalue weighted by Gasteiger charge is -2.15. The summed E-state index contributed by atoms with van der Waals surface area (Å²) in [5.41, 5.74) is 0.987. The Morgan fingerprint density at radius 2 is 2.18 bits per heavy atom. The van der Waals surface area contributed by atoms with E-state index in [-0.39, 0.29) is 5.91 Å². The number of carbonyl (C=O) groups excluding carboxylic acids is 2. The maximum atomic E-state index is 11.5. The van der Waals surface area contributed by atoms with Crippen molar-refractivity contribution in [2.45, 2.75) is 19.4 Å². The molecule has 17 heavy (non-hydrogen) atoms. The fourth-order valence-electron chi connectivity index (χ4n) is 1.48. The first-order chi connectivity index (χ1) is 8.02. The topological polar surface area (TPSA) is 55.4 Å². The smallest absolute Gasteiger partial charge is 0.328 e. The third-order valence-corrected chi connectivity index (χ3v) is 2.86. The number of methoxy groups -OCH3 is 1. The van der Waals surface area contributed by atoms with Crippen LogP contribution in [0.25, 0.3) is 0 Å². The quantitative estimate of drug-likeness (QED) is 0.664. The van der Waals surface area contributed by atoms with Crippen LogP contribution in [0.4, 0.5) is 0 Å². The summed E-state index contributed by atoms with van der Waals surface area (Å²) in [5.74, 6) is -0.676. The lowest BCUT2D eigenvalue weighted by Crippen LogP contribution is -2.41. The van der Waals surface area contributed by atoms with Crippen molar-refractivity contribution >= 4 is 34.5 Å². The summed E-state index contributed by atoms with van der Waals surface area (Å²) in [4.78, 5) is 22.5. The van der Waals surface area contributed by atoms with Gasteiger partial charge in [-0.15, -0.1) is 0 Å². The fraction of sp³-hybridized carbons (Fsp3) is 0.333. The molecule has 92 valence electrons. The maximum Gasteiger partial charge on any atom is 0.328 e. The number of halogens is 1. The van der Waals surface area contributed by atoms with Gasteiger partial charge in [-0.3, -0.25) is 4.79 Å². The molecule has 0 saturated carbocycles. The molecular weight excluding hydrogens is 333 g/mol. The van der Waals surface area contributed by atoms with Gasteiger partial charge in [0.25, 0.3) is 0 Å². The molecule has 1 rings (SSSR count). The minimum atomic E-state index is -0.629. The molecule has 1 N–H and O–H groups in total. The Balaban J connectivity index is 2.78. The highest BCUT2D eigenvalue weighted by Crippen LogP contribution is 2.10. The second kappa shape index (κ2) is 6.58. The van der Waals surface area contributed by atoms with Crippen molar-refractivity contribution in [2.24, 2.45) is 0 Å². The third-order valence-electron chi connectivity index (χ3n) is 2.19. The van der Waals surface area contributed by atoms with Gasteiger partial charge in [0.15, 0.2) is 0 Å². The highest BCUT2D eigenvalue weighted by Gasteiger charge is 2.20. The number of hydrogen-bond acceptors (Lipinski definition) is 3. The average molecular weight is 347 g/mol. The molecule has 0 saturated heterocycles. The summed E-state index contributed by atoms with van der Waals surface area (Å²) < 4.78 is 5.75. The molecule has 0 bridgehead atoms. The predicted octanol–water partition coefficient (Wildman–Crippen LogP) is 1.51. The van der Waals surface area contributed by atoms with Crippen LogP contribution in [0.5, 0.6) is 0 Å². The van der Waals surface area contributed by atoms with E-state index in [9.17, 15) is 9.59 Å². The van der Waals surface area contributed by atoms with Crippen LogP contribution in [0, 0.1) is 3.57 Å². The van der Waals surface area contributed by atoms with Gasteiger partial charge in [0.05, 0.1) is 7.11 Å². The van der Waals surface area contributed by atoms with Crippen molar-refractivity contribution in [1.29, 1.82) is 0 Å². The van der Waals surface area contributed by atoms with Crippen molar-refractivity contribution < 1.29 is 14.3 Å². The number of esters is 1. The van der Waals surface area contributed by atoms with Crippen LogP contribution in [-0.4, -0.2) is 25.0 Å². The zero-order chi connectivity index (χ0) is 12.8. The van der Waals surface area contributed by atoms with Crippen molar-refractivity contribution in [2.75, 3.05) is 7.11 Å². The normalized spacial score (nSPS) is 11.7. The number of amides is 1. The molecule has 0 aliphatic heterocycles. The van der Waals surface area contributed by atoms with Gasteiger partial charge >= 0.3 is 5.97 Å². The van der Waals surface area contributed by atoms with Gasteiger partial charge in [-0.25, -0.2) is 4.79 Å². The summed E-state index contributed by atoms with van der Waals surface area (Å²) in [6.07, 6.45) is 0.434. The predicted molar refractivity (Wildman–Crippen MR) is 72.5 cm³/mol. The van der Waals surface area contributed by atoms with Gasteiger partial charge in [0.1, 0.15) is 6.04 Å². The van der Waals surface area contributed by atoms with E-state index in [1.165, 1.54) is 14.0 Å². The van der Waals surface area contributed by atoms with Gasteiger partial charge in [-0.1, -0.05) is 12.1 Å². The minimum absolute atomic E-state index is 0.244. The molecule has 1 aromatic carbocycles. The van der Waals surface area contributed by atoms with Gasteiger partial charge in [-0.05, 0) is 40.3 Å². The minimum Gasteiger partial charge on any atom is -0.467 e. The Kier molecular flexibility index (Phi) is 5.40. The number of hydrogen-bond donors (Lipinski definition) is 1. The summed E-state index contributed by atoms with van der Waals surface area (Å²) in [6, 6.07) is 7.14. The summed E-state index contributed by atoms with van der Waals surface area (Å²) in [5, 5.41) is 2.58. The molecule has 1 amide bonds. The van der Waals surface area contributed by atoms with Gasteiger partial charge in [0, 0.05) is 16.9 Å². The van der Waals surface area contributed by atoms with Crippen LogP contribution < -0.4 is 5.32 Å². The lowest BCUT2D eigenvalue weighted by atomic mass is 10.1. The second-order valence-electron chi connectivity index (χ2n) is 3.61. The van der Waals surface area contributed by atoms with Crippen LogP contribution >= 0.6 is 22.6 Å². The molecule has 1 atom stereocenters. The lowest BCUT2D eigenvalue weighted by molar-refractivity contribution is -0.144. The van der Waals surface area contributed by atoms with Crippen LogP contribution in [-0.2, 0) is 20.7 Å². The molecule has 0 fully saturated rings. The largest absolute Gasteiger partial charge is 0.467 e. The zero-order valence-corrected chi connectivity index (χ0v) is 11.9. The molecule has 0 radical (unpaired) electrons. The van der Waals surface area contributed by atoms with E-state index in [0.29, 0.717) is 6.42 Å². The molecule has 0 aromatic heterocycles. The molecular formula is C12H14INO3. The molecule has 0 spiro atoms. The first-order valence-electron chi connectivity index (χ1n) is 5.12. The molecule has 0 heterocycles. The van der Waals surface area contributed by atoms with Crippen molar-refractivity contribution in [1.82, 2.24) is 5.32 Å². The summed E-state index contributed by atoms with van der Waals surface area (Å²) >= 11 is 2.20. The fourth-order valence-corrected chi connectivity index (χ4v) is 2.09. The van der Waals surface area contributed by atoms with E-state index >= 15 is 0 Å². The van der Waals surface area contributed by atoms with E-state index in [1.807, 2.05) is 24.3 Å². The summed E-state index contributed by atoms with van der Waals surface area (Å²) in [7, 11) is 1.31. The molecule has 5 heteroatoms. The van der Waals surface area contributed by atoms with Crippen LogP contribution in [0.15, 0.2) is 24.3 Å². The average Bonchev–Trinajstić information content (AvgIpc) is 2.26. The Hall–Kier alpha value is -1.11. The zero-order valence-electron chi connectivity index (χ0n) is 9.70. The monoisotopic (exact) mass is 347 g/mol. The SMILES string of the molecule is COC(=O)C(Cc1cccc(I)c1)NC(C)=O. The highest BCUT2D eigenvalue weighted by molar-refractivity contribution is 14.1. The number of ether oxygens (including phenoxy) is 1. The van der Waals surface area contributed by atoms with Crippen LogP contribution in [0.3, 0.4) is 0 Å². The number of nitrogens with one attached hydrogen (secondary N) is 1. The van der Waals surface area contributed by atoms with Crippen LogP contribution in [0.1, 0.15) is 12.5 Å². The van der Waals surface area contributed by atoms with E-state index in [4.69, 9.17) is 0 Å². The standard InChI is InChI=1S/C12H14INO3/c1-8(15)14-11(12(16)17-2)7-9-4-3-5-10(13)6-9/h3-6,11H,7H2,1-2H3,(H,14,15). The van der Waals surface area contributed by atoms with Crippen molar-refractivity contribution in [3.63, 3.8) is 0 Å². The van der Waals surface area contributed by atoms with Gasteiger partial charge < -0.3 is 10.1 Å². The van der Waals surface area contributed by atoms with E-state index in [1.54, 1.807) is 0 Å². The highest BCUT2D eigenvalue weighted by atomic mass is 127. The number of carbonyl (C=O) groups is 2. The Labute approximate surface area is 114 Å². The Morgan fingerprint density at radius 3 is 2.71 bits per heavy atom. The maximum absolute atomic E-state index is 11.5. The van der Waals surface area contributed by atoms with Gasteiger partial charge in [-0.2, -0.15) is 0 Å². The molecule has 0 aliphatic carbocycles. The van der Waals surface area contributed by atoms with E-state index < -0.39 is 12.0 Å². The van der Waals surface area contributed by atoms with Gasteiger partial charge in [0.2, 0.25) is 5.91 Å². The van der Waals surface area contributed by atoms with E-state index in [2.05, 4.69) is 32.6 Å². The molecule has 1 unspecified atom stereocenters. The van der Waals surface area contributed by atoms with Crippen molar-refractivity contribution in [3.8, 4) is 0 Å². The molecule has 1 aromatic rings.